The normalized spacial score (nSPS) is 10.4. The highest BCUT2D eigenvalue weighted by atomic mass is 35.5. The van der Waals surface area contributed by atoms with Crippen LogP contribution in [0, 0.1) is 0 Å². The van der Waals surface area contributed by atoms with Crippen LogP contribution in [0.1, 0.15) is 33.4 Å². The second-order valence-corrected chi connectivity index (χ2v) is 6.96. The number of rotatable bonds is 5. The number of carboxylic acids is 1. The standard InChI is InChI=1S/C21H17ClN2O4S/c1-2-12-3-5-13(6-4-12)19(25)24-21(29)23-16-11-14(22)7-8-15(16)17-9-10-18(28-17)20(26)27/h3-11H,2H2,1H3,(H,26,27)(H2,23,24,25,29). The van der Waals surface area contributed by atoms with Gasteiger partial charge in [-0.25, -0.2) is 4.79 Å². The third-order valence-corrected chi connectivity index (χ3v) is 4.60. The van der Waals surface area contributed by atoms with Crippen molar-refractivity contribution in [3.8, 4) is 11.3 Å². The fourth-order valence-corrected chi connectivity index (χ4v) is 3.03. The van der Waals surface area contributed by atoms with Gasteiger partial charge in [-0.15, -0.1) is 0 Å². The van der Waals surface area contributed by atoms with Crippen molar-refractivity contribution in [2.75, 3.05) is 5.32 Å². The fourth-order valence-electron chi connectivity index (χ4n) is 2.65. The van der Waals surface area contributed by atoms with E-state index in [9.17, 15) is 9.59 Å². The molecule has 29 heavy (non-hydrogen) atoms. The number of hydrogen-bond donors (Lipinski definition) is 3. The van der Waals surface area contributed by atoms with Crippen LogP contribution in [0.15, 0.2) is 59.0 Å². The summed E-state index contributed by atoms with van der Waals surface area (Å²) in [6.45, 7) is 2.04. The number of thiocarbonyl (C=S) groups is 1. The first-order valence-electron chi connectivity index (χ1n) is 8.71. The summed E-state index contributed by atoms with van der Waals surface area (Å²) >= 11 is 11.3. The number of halogens is 1. The Bertz CT molecular complexity index is 1080. The molecule has 6 nitrogen and oxygen atoms in total. The lowest BCUT2D eigenvalue weighted by molar-refractivity contribution is 0.0663. The monoisotopic (exact) mass is 428 g/mol. The quantitative estimate of drug-likeness (QED) is 0.496. The van der Waals surface area contributed by atoms with Crippen molar-refractivity contribution in [2.45, 2.75) is 13.3 Å². The summed E-state index contributed by atoms with van der Waals surface area (Å²) in [7, 11) is 0. The van der Waals surface area contributed by atoms with E-state index in [0.29, 0.717) is 27.6 Å². The van der Waals surface area contributed by atoms with E-state index in [-0.39, 0.29) is 16.8 Å². The Morgan fingerprint density at radius 2 is 1.83 bits per heavy atom. The average Bonchev–Trinajstić information content (AvgIpc) is 3.18. The van der Waals surface area contributed by atoms with Gasteiger partial charge in [0.2, 0.25) is 5.76 Å². The maximum Gasteiger partial charge on any atom is 0.371 e. The molecule has 3 N–H and O–H groups in total. The number of carbonyl (C=O) groups excluding carboxylic acids is 1. The Labute approximate surface area is 177 Å². The molecular weight excluding hydrogens is 412 g/mol. The number of anilines is 1. The summed E-state index contributed by atoms with van der Waals surface area (Å²) in [5, 5.41) is 15.1. The van der Waals surface area contributed by atoms with E-state index in [1.54, 1.807) is 30.3 Å². The summed E-state index contributed by atoms with van der Waals surface area (Å²) < 4.78 is 5.35. The number of furan rings is 1. The molecule has 0 fully saturated rings. The number of hydrogen-bond acceptors (Lipinski definition) is 4. The lowest BCUT2D eigenvalue weighted by Crippen LogP contribution is -2.34. The molecule has 3 rings (SSSR count). The molecule has 3 aromatic rings. The molecule has 8 heteroatoms. The number of carbonyl (C=O) groups is 2. The van der Waals surface area contributed by atoms with Gasteiger partial charge in [0.25, 0.3) is 5.91 Å². The van der Waals surface area contributed by atoms with Crippen LogP contribution in [0.4, 0.5) is 5.69 Å². The molecule has 0 bridgehead atoms. The number of aryl methyl sites for hydroxylation is 1. The summed E-state index contributed by atoms with van der Waals surface area (Å²) in [4.78, 5) is 23.5. The number of carboxylic acid groups (broad SMARTS) is 1. The molecule has 0 radical (unpaired) electrons. The average molecular weight is 429 g/mol. The Morgan fingerprint density at radius 3 is 2.45 bits per heavy atom. The summed E-state index contributed by atoms with van der Waals surface area (Å²) in [6.07, 6.45) is 0.885. The van der Waals surface area contributed by atoms with E-state index in [0.717, 1.165) is 12.0 Å². The topological polar surface area (TPSA) is 91.6 Å². The SMILES string of the molecule is CCc1ccc(C(=O)NC(=S)Nc2cc(Cl)ccc2-c2ccc(C(=O)O)o2)cc1. The molecule has 0 aliphatic rings. The third-order valence-electron chi connectivity index (χ3n) is 4.16. The van der Waals surface area contributed by atoms with Crippen LogP contribution in [0.2, 0.25) is 5.02 Å². The van der Waals surface area contributed by atoms with Crippen LogP contribution in [0.3, 0.4) is 0 Å². The molecule has 0 saturated heterocycles. The van der Waals surface area contributed by atoms with Crippen LogP contribution in [0.25, 0.3) is 11.3 Å². The lowest BCUT2D eigenvalue weighted by atomic mass is 10.1. The van der Waals surface area contributed by atoms with Crippen LogP contribution in [-0.4, -0.2) is 22.1 Å². The highest BCUT2D eigenvalue weighted by Crippen LogP contribution is 2.32. The van der Waals surface area contributed by atoms with Gasteiger partial charge in [-0.1, -0.05) is 30.7 Å². The summed E-state index contributed by atoms with van der Waals surface area (Å²) in [5.41, 5.74) is 2.63. The van der Waals surface area contributed by atoms with Crippen molar-refractivity contribution < 1.29 is 19.1 Å². The maximum atomic E-state index is 12.4. The third kappa shape index (κ3) is 5.01. The minimum Gasteiger partial charge on any atom is -0.475 e. The molecule has 2 aromatic carbocycles. The Hall–Kier alpha value is -3.16. The first-order chi connectivity index (χ1) is 13.9. The zero-order chi connectivity index (χ0) is 21.0. The fraction of sp³-hybridized carbons (Fsp3) is 0.0952. The Balaban J connectivity index is 1.77. The van der Waals surface area contributed by atoms with Crippen molar-refractivity contribution in [1.82, 2.24) is 5.32 Å². The van der Waals surface area contributed by atoms with Crippen molar-refractivity contribution in [3.63, 3.8) is 0 Å². The van der Waals surface area contributed by atoms with Gasteiger partial charge in [0, 0.05) is 16.1 Å². The van der Waals surface area contributed by atoms with E-state index in [1.807, 2.05) is 19.1 Å². The summed E-state index contributed by atoms with van der Waals surface area (Å²) in [5.74, 6) is -1.38. The molecule has 0 unspecified atom stereocenters. The molecule has 1 amide bonds. The molecule has 0 aliphatic carbocycles. The van der Waals surface area contributed by atoms with Crippen LogP contribution in [0.5, 0.6) is 0 Å². The van der Waals surface area contributed by atoms with E-state index in [4.69, 9.17) is 33.3 Å². The largest absolute Gasteiger partial charge is 0.475 e. The van der Waals surface area contributed by atoms with Gasteiger partial charge in [0.05, 0.1) is 5.69 Å². The van der Waals surface area contributed by atoms with Crippen LogP contribution in [-0.2, 0) is 6.42 Å². The second kappa shape index (κ2) is 8.89. The van der Waals surface area contributed by atoms with E-state index in [2.05, 4.69) is 10.6 Å². The molecule has 1 heterocycles. The van der Waals surface area contributed by atoms with Crippen molar-refractivity contribution in [3.05, 3.63) is 76.5 Å². The van der Waals surface area contributed by atoms with E-state index in [1.165, 1.54) is 12.1 Å². The molecular formula is C21H17ClN2O4S. The van der Waals surface area contributed by atoms with Crippen molar-refractivity contribution in [1.29, 1.82) is 0 Å². The van der Waals surface area contributed by atoms with Gasteiger partial charge in [0.1, 0.15) is 5.76 Å². The Kier molecular flexibility index (Phi) is 6.31. The van der Waals surface area contributed by atoms with Gasteiger partial charge in [-0.05, 0) is 66.7 Å². The van der Waals surface area contributed by atoms with Gasteiger partial charge in [0.15, 0.2) is 5.11 Å². The number of amides is 1. The van der Waals surface area contributed by atoms with Gasteiger partial charge in [-0.3, -0.25) is 10.1 Å². The zero-order valence-corrected chi connectivity index (χ0v) is 16.9. The maximum absolute atomic E-state index is 12.4. The summed E-state index contributed by atoms with van der Waals surface area (Å²) in [6, 6.07) is 15.1. The number of benzene rings is 2. The number of nitrogens with one attached hydrogen (secondary N) is 2. The molecule has 0 saturated carbocycles. The highest BCUT2D eigenvalue weighted by Gasteiger charge is 2.15. The van der Waals surface area contributed by atoms with Gasteiger partial charge in [-0.2, -0.15) is 0 Å². The van der Waals surface area contributed by atoms with Crippen LogP contribution >= 0.6 is 23.8 Å². The van der Waals surface area contributed by atoms with Crippen molar-refractivity contribution >= 4 is 46.5 Å². The van der Waals surface area contributed by atoms with Crippen molar-refractivity contribution in [2.24, 2.45) is 0 Å². The highest BCUT2D eigenvalue weighted by molar-refractivity contribution is 7.80. The molecule has 1 aromatic heterocycles. The predicted octanol–water partition coefficient (Wildman–Crippen LogP) is 4.99. The Morgan fingerprint density at radius 1 is 1.10 bits per heavy atom. The zero-order valence-electron chi connectivity index (χ0n) is 15.4. The van der Waals surface area contributed by atoms with E-state index >= 15 is 0 Å². The van der Waals surface area contributed by atoms with Gasteiger partial charge < -0.3 is 14.8 Å². The minimum atomic E-state index is -1.17. The predicted molar refractivity (Wildman–Crippen MR) is 116 cm³/mol. The minimum absolute atomic E-state index is 0.0723. The molecule has 148 valence electrons. The molecule has 0 atom stereocenters. The number of aromatic carboxylic acids is 1. The smallest absolute Gasteiger partial charge is 0.371 e. The first kappa shape index (κ1) is 20.6. The molecule has 0 spiro atoms. The van der Waals surface area contributed by atoms with Crippen LogP contribution < -0.4 is 10.6 Å². The van der Waals surface area contributed by atoms with Gasteiger partial charge >= 0.3 is 5.97 Å². The first-order valence-corrected chi connectivity index (χ1v) is 9.50. The lowest BCUT2D eigenvalue weighted by Gasteiger charge is -2.13. The second-order valence-electron chi connectivity index (χ2n) is 6.12. The molecule has 0 aliphatic heterocycles. The van der Waals surface area contributed by atoms with E-state index < -0.39 is 5.97 Å².